The monoisotopic (exact) mass is 237 g/mol. The van der Waals surface area contributed by atoms with Crippen LogP contribution in [0.1, 0.15) is 6.42 Å². The fraction of sp³-hybridized carbons (Fsp3) is 0.250. The van der Waals surface area contributed by atoms with Gasteiger partial charge in [0.1, 0.15) is 0 Å². The van der Waals surface area contributed by atoms with E-state index in [1.807, 2.05) is 18.2 Å². The van der Waals surface area contributed by atoms with Crippen LogP contribution < -0.4 is 0 Å². The van der Waals surface area contributed by atoms with Gasteiger partial charge in [0.15, 0.2) is 0 Å². The Morgan fingerprint density at radius 3 is 2.64 bits per heavy atom. The second-order valence-electron chi connectivity index (χ2n) is 2.06. The van der Waals surface area contributed by atoms with Gasteiger partial charge < -0.3 is 0 Å². The molecule has 0 radical (unpaired) electrons. The Morgan fingerprint density at radius 2 is 2.18 bits per heavy atom. The molecule has 2 nitrogen and oxygen atoms in total. The Labute approximate surface area is 69.2 Å². The van der Waals surface area contributed by atoms with E-state index in [0.29, 0.717) is 5.02 Å². The van der Waals surface area contributed by atoms with Crippen molar-refractivity contribution in [2.45, 2.75) is 11.4 Å². The predicted molar refractivity (Wildman–Crippen MR) is 38.0 cm³/mol. The Kier molecular flexibility index (Phi) is 3.20. The quantitative estimate of drug-likeness (QED) is 0.671. The summed E-state index contributed by atoms with van der Waals surface area (Å²) in [6, 6.07) is 0. The Morgan fingerprint density at radius 1 is 1.45 bits per heavy atom. The minimum atomic E-state index is -2.01. The number of rotatable bonds is 2. The maximum absolute atomic E-state index is 10.2. The van der Waals surface area contributed by atoms with Crippen LogP contribution in [0.5, 0.6) is 0 Å². The van der Waals surface area contributed by atoms with Gasteiger partial charge in [0.05, 0.1) is 0 Å². The van der Waals surface area contributed by atoms with Crippen molar-refractivity contribution in [1.29, 1.82) is 0 Å². The van der Waals surface area contributed by atoms with Crippen molar-refractivity contribution in [2.24, 2.45) is 0 Å². The molecule has 0 bridgehead atoms. The molecule has 3 heteroatoms. The summed E-state index contributed by atoms with van der Waals surface area (Å²) in [6.45, 7) is 0. The third-order valence-electron chi connectivity index (χ3n) is 1.31. The number of allylic oxidation sites excluding steroid dienone is 4. The molecule has 0 spiro atoms. The summed E-state index contributed by atoms with van der Waals surface area (Å²) in [5.74, 6) is 0. The zero-order chi connectivity index (χ0) is 8.10. The Balaban J connectivity index is 2.71. The molecule has 0 saturated heterocycles. The molecule has 0 fully saturated rings. The van der Waals surface area contributed by atoms with Crippen LogP contribution in [0.25, 0.3) is 0 Å². The van der Waals surface area contributed by atoms with Crippen molar-refractivity contribution in [3.8, 4) is 0 Å². The maximum atomic E-state index is 10.2. The number of hydrogen-bond acceptors (Lipinski definition) is 2. The topological polar surface area (TPSA) is 34.1 Å². The van der Waals surface area contributed by atoms with Crippen molar-refractivity contribution in [3.63, 3.8) is 0 Å². The molecule has 0 aromatic carbocycles. The van der Waals surface area contributed by atoms with Crippen molar-refractivity contribution in [1.82, 2.24) is 0 Å². The van der Waals surface area contributed by atoms with E-state index in [4.69, 9.17) is 0 Å². The summed E-state index contributed by atoms with van der Waals surface area (Å²) in [6.07, 6.45) is 6.79. The van der Waals surface area contributed by atoms with Gasteiger partial charge in [-0.05, 0) is 0 Å². The third-order valence-corrected chi connectivity index (χ3v) is 3.57. The Bertz CT molecular complexity index is 317. The summed E-state index contributed by atoms with van der Waals surface area (Å²) in [5.41, 5.74) is 1.16. The summed E-state index contributed by atoms with van der Waals surface area (Å²) in [5, 5.41) is 0.616. The van der Waals surface area contributed by atoms with Crippen molar-refractivity contribution in [3.05, 3.63) is 23.8 Å². The average molecular weight is 236 g/mol. The van der Waals surface area contributed by atoms with Crippen LogP contribution >= 0.6 is 0 Å². The molecular formula is C8H7O2Ru. The molecule has 59 valence electrons. The summed E-state index contributed by atoms with van der Waals surface area (Å²) < 4.78 is 3.56. The molecule has 0 amide bonds. The van der Waals surface area contributed by atoms with Gasteiger partial charge in [0, 0.05) is 0 Å². The average Bonchev–Trinajstić information content (AvgIpc) is 2.52. The van der Waals surface area contributed by atoms with Crippen LogP contribution in [0.4, 0.5) is 0 Å². The summed E-state index contributed by atoms with van der Waals surface area (Å²) in [4.78, 5) is 20.3. The predicted octanol–water partition coefficient (Wildman–Crippen LogP) is 1.04. The first-order valence-corrected chi connectivity index (χ1v) is 6.05. The van der Waals surface area contributed by atoms with Gasteiger partial charge in [-0.3, -0.25) is 0 Å². The molecule has 0 atom stereocenters. The van der Waals surface area contributed by atoms with Crippen LogP contribution in [0, 0.1) is 0 Å². The van der Waals surface area contributed by atoms with Crippen LogP contribution in [0.3, 0.4) is 0 Å². The van der Waals surface area contributed by atoms with Gasteiger partial charge in [0.25, 0.3) is 0 Å². The molecule has 0 aromatic heterocycles. The zero-order valence-electron chi connectivity index (χ0n) is 5.82. The van der Waals surface area contributed by atoms with E-state index in [-0.39, 0.29) is 0 Å². The van der Waals surface area contributed by atoms with Crippen LogP contribution in [-0.4, -0.2) is 8.95 Å². The van der Waals surface area contributed by atoms with Crippen molar-refractivity contribution < 1.29 is 24.6 Å². The first kappa shape index (κ1) is 8.36. The molecule has 0 aromatic rings. The van der Waals surface area contributed by atoms with Gasteiger partial charge in [-0.1, -0.05) is 0 Å². The van der Waals surface area contributed by atoms with Gasteiger partial charge in [0.2, 0.25) is 0 Å². The summed E-state index contributed by atoms with van der Waals surface area (Å²) in [7, 11) is 0. The first-order chi connectivity index (χ1) is 5.36. The molecular weight excluding hydrogens is 229 g/mol. The molecule has 1 aliphatic carbocycles. The molecule has 0 aliphatic heterocycles. The second-order valence-corrected chi connectivity index (χ2v) is 5.05. The normalized spacial score (nSPS) is 14.5. The first-order valence-electron chi connectivity index (χ1n) is 3.08. The van der Waals surface area contributed by atoms with Gasteiger partial charge in [-0.15, -0.1) is 0 Å². The molecule has 0 unspecified atom stereocenters. The van der Waals surface area contributed by atoms with Crippen molar-refractivity contribution in [2.75, 3.05) is 0 Å². The van der Waals surface area contributed by atoms with Crippen LogP contribution in [-0.2, 0) is 24.6 Å². The number of hydrogen-bond donors (Lipinski definition) is 0. The van der Waals surface area contributed by atoms with Gasteiger partial charge in [-0.25, -0.2) is 0 Å². The fourth-order valence-electron chi connectivity index (χ4n) is 0.811. The van der Waals surface area contributed by atoms with Gasteiger partial charge in [-0.2, -0.15) is 0 Å². The van der Waals surface area contributed by atoms with E-state index in [0.717, 1.165) is 12.0 Å². The molecule has 0 saturated carbocycles. The van der Waals surface area contributed by atoms with E-state index in [9.17, 15) is 9.59 Å². The SMILES string of the molecule is O=[C]=[Ru](=[C]=O)[CH2]C1=CC=CC1. The summed E-state index contributed by atoms with van der Waals surface area (Å²) >= 11 is -2.01. The van der Waals surface area contributed by atoms with Crippen LogP contribution in [0.15, 0.2) is 23.8 Å². The number of carbonyl (C=O) groups excluding carboxylic acids is 2. The van der Waals surface area contributed by atoms with E-state index in [1.54, 1.807) is 8.95 Å². The molecule has 1 rings (SSSR count). The van der Waals surface area contributed by atoms with E-state index >= 15 is 0 Å². The Hall–Kier alpha value is -0.737. The van der Waals surface area contributed by atoms with Crippen molar-refractivity contribution >= 4 is 8.95 Å². The fourth-order valence-corrected chi connectivity index (χ4v) is 2.38. The van der Waals surface area contributed by atoms with E-state index < -0.39 is 15.0 Å². The molecule has 1 aliphatic rings. The zero-order valence-corrected chi connectivity index (χ0v) is 7.55. The van der Waals surface area contributed by atoms with E-state index in [1.165, 1.54) is 0 Å². The molecule has 0 N–H and O–H groups in total. The standard InChI is InChI=1S/C6H7.2CO.Ru/c1-6-4-2-3-5-6;2*1-2;/h2-4H,1,5H2;;;. The van der Waals surface area contributed by atoms with Gasteiger partial charge >= 0.3 is 68.8 Å². The van der Waals surface area contributed by atoms with E-state index in [2.05, 4.69) is 0 Å². The minimum absolute atomic E-state index is 0.616. The van der Waals surface area contributed by atoms with Crippen LogP contribution in [0.2, 0.25) is 5.02 Å². The second kappa shape index (κ2) is 4.21. The third kappa shape index (κ3) is 2.40. The molecule has 0 heterocycles. The molecule has 11 heavy (non-hydrogen) atoms.